The van der Waals surface area contributed by atoms with Crippen LogP contribution in [0.4, 0.5) is 16.6 Å². The van der Waals surface area contributed by atoms with E-state index in [4.69, 9.17) is 14.0 Å². The Morgan fingerprint density at radius 2 is 1.83 bits per heavy atom. The number of hydrogen-bond acceptors (Lipinski definition) is 11. The molecule has 3 aliphatic heterocycles. The molecule has 4 atom stereocenters. The number of amides is 2. The van der Waals surface area contributed by atoms with Crippen molar-refractivity contribution in [1.29, 1.82) is 0 Å². The Morgan fingerprint density at radius 1 is 1.07 bits per heavy atom. The second-order valence-corrected chi connectivity index (χ2v) is 14.7. The predicted octanol–water partition coefficient (Wildman–Crippen LogP) is 4.65. The van der Waals surface area contributed by atoms with E-state index in [1.165, 1.54) is 0 Å². The van der Waals surface area contributed by atoms with Gasteiger partial charge in [-0.3, -0.25) is 4.79 Å². The molecular weight excluding hydrogens is 588 g/mol. The van der Waals surface area contributed by atoms with E-state index in [1.807, 2.05) is 25.7 Å². The maximum atomic E-state index is 13.0. The molecular formula is C33H52N8O5. The Hall–Kier alpha value is -3.64. The second-order valence-electron chi connectivity index (χ2n) is 14.7. The molecule has 254 valence electrons. The fourth-order valence-electron chi connectivity index (χ4n) is 6.62. The molecule has 0 spiro atoms. The van der Waals surface area contributed by atoms with Crippen molar-refractivity contribution in [2.24, 2.45) is 17.8 Å². The van der Waals surface area contributed by atoms with Crippen LogP contribution < -0.4 is 19.9 Å². The predicted molar refractivity (Wildman–Crippen MR) is 174 cm³/mol. The topological polar surface area (TPSA) is 139 Å². The lowest BCUT2D eigenvalue weighted by atomic mass is 9.84. The molecule has 3 saturated heterocycles. The molecule has 2 aromatic rings. The summed E-state index contributed by atoms with van der Waals surface area (Å²) >= 11 is 0. The van der Waals surface area contributed by atoms with E-state index in [2.05, 4.69) is 62.9 Å². The van der Waals surface area contributed by atoms with Gasteiger partial charge >= 0.3 is 12.1 Å². The van der Waals surface area contributed by atoms with Crippen molar-refractivity contribution < 1.29 is 23.6 Å². The number of aromatic nitrogens is 4. The molecule has 13 nitrogen and oxygen atoms in total. The molecule has 0 bridgehead atoms. The molecule has 0 aliphatic carbocycles. The lowest BCUT2D eigenvalue weighted by molar-refractivity contribution is -0.137. The average Bonchev–Trinajstić information content (AvgIpc) is 3.65. The van der Waals surface area contributed by atoms with Crippen molar-refractivity contribution in [2.75, 3.05) is 49.1 Å². The summed E-state index contributed by atoms with van der Waals surface area (Å²) in [4.78, 5) is 45.6. The van der Waals surface area contributed by atoms with Gasteiger partial charge in [0.2, 0.25) is 11.8 Å². The molecule has 46 heavy (non-hydrogen) atoms. The second kappa shape index (κ2) is 14.4. The third kappa shape index (κ3) is 8.58. The van der Waals surface area contributed by atoms with E-state index in [1.54, 1.807) is 12.4 Å². The van der Waals surface area contributed by atoms with Gasteiger partial charge in [0.05, 0.1) is 31.1 Å². The number of piperidine rings is 2. The first-order chi connectivity index (χ1) is 21.9. The number of carbonyl (C=O) groups is 2. The standard InChI is InChI=1S/C33H52N8O5/c1-21(2)30-37-31(46-38-30)39-12-9-24(10-13-39)23(4)11-15-44-28-18-34-27(17-35-28)40-19-25(36-32(43)45-33(5,6)7)26(20-40)41-14-8-22(3)16-29(41)42/h17-18,21-26H,8-16,19-20H2,1-7H3,(H,36,43)/t22?,23-,25+,26+/m1/s1. The number of alkyl carbamates (subject to hydrolysis) is 1. The molecule has 0 saturated carbocycles. The lowest BCUT2D eigenvalue weighted by Crippen LogP contribution is -2.55. The van der Waals surface area contributed by atoms with E-state index in [0.717, 1.165) is 44.6 Å². The van der Waals surface area contributed by atoms with Crippen LogP contribution in [0.5, 0.6) is 5.88 Å². The van der Waals surface area contributed by atoms with Crippen molar-refractivity contribution in [1.82, 2.24) is 30.3 Å². The molecule has 1 N–H and O–H groups in total. The van der Waals surface area contributed by atoms with E-state index in [9.17, 15) is 9.59 Å². The van der Waals surface area contributed by atoms with Gasteiger partial charge in [0, 0.05) is 45.1 Å². The molecule has 5 rings (SSSR count). The first-order valence-corrected chi connectivity index (χ1v) is 16.9. The normalized spacial score (nSPS) is 23.6. The minimum atomic E-state index is -0.612. The summed E-state index contributed by atoms with van der Waals surface area (Å²) in [6, 6.07) is 0.167. The smallest absolute Gasteiger partial charge is 0.408 e. The maximum Gasteiger partial charge on any atom is 0.408 e. The SMILES string of the molecule is CC1CCN([C@H]2CN(c3cnc(OCC[C@@H](C)C4CCN(c5nc(C(C)C)no5)CC4)cn3)C[C@@H]2NC(=O)OC(C)(C)C)C(=O)C1. The molecule has 13 heteroatoms. The molecule has 5 heterocycles. The lowest BCUT2D eigenvalue weighted by Gasteiger charge is -2.37. The number of nitrogens with one attached hydrogen (secondary N) is 1. The van der Waals surface area contributed by atoms with Crippen molar-refractivity contribution in [3.05, 3.63) is 18.2 Å². The highest BCUT2D eigenvalue weighted by molar-refractivity contribution is 5.78. The Labute approximate surface area is 272 Å². The Bertz CT molecular complexity index is 1300. The zero-order valence-corrected chi connectivity index (χ0v) is 28.6. The summed E-state index contributed by atoms with van der Waals surface area (Å²) in [6.45, 7) is 18.2. The van der Waals surface area contributed by atoms with E-state index >= 15 is 0 Å². The Balaban J connectivity index is 1.11. The van der Waals surface area contributed by atoms with Crippen LogP contribution in [0.25, 0.3) is 0 Å². The van der Waals surface area contributed by atoms with Gasteiger partial charge in [-0.1, -0.05) is 32.9 Å². The van der Waals surface area contributed by atoms with Crippen LogP contribution in [0.1, 0.15) is 92.3 Å². The molecule has 1 unspecified atom stereocenters. The fourth-order valence-corrected chi connectivity index (χ4v) is 6.62. The Morgan fingerprint density at radius 3 is 2.46 bits per heavy atom. The average molecular weight is 641 g/mol. The van der Waals surface area contributed by atoms with Crippen LogP contribution in [0, 0.1) is 17.8 Å². The highest BCUT2D eigenvalue weighted by Crippen LogP contribution is 2.30. The number of hydrogen-bond donors (Lipinski definition) is 1. The third-order valence-corrected chi connectivity index (χ3v) is 9.42. The van der Waals surface area contributed by atoms with E-state index in [-0.39, 0.29) is 23.9 Å². The van der Waals surface area contributed by atoms with Gasteiger partial charge in [-0.25, -0.2) is 14.8 Å². The number of likely N-dealkylation sites (tertiary alicyclic amines) is 1. The molecule has 2 aromatic heterocycles. The Kier molecular flexibility index (Phi) is 10.6. The number of carbonyl (C=O) groups excluding carboxylic acids is 2. The van der Waals surface area contributed by atoms with Crippen LogP contribution in [-0.4, -0.2) is 94.0 Å². The minimum absolute atomic E-state index is 0.128. The van der Waals surface area contributed by atoms with Crippen molar-refractivity contribution in [3.8, 4) is 5.88 Å². The third-order valence-electron chi connectivity index (χ3n) is 9.42. The minimum Gasteiger partial charge on any atom is -0.477 e. The molecule has 3 fully saturated rings. The molecule has 0 radical (unpaired) electrons. The van der Waals surface area contributed by atoms with Crippen LogP contribution >= 0.6 is 0 Å². The molecule has 0 aromatic carbocycles. The van der Waals surface area contributed by atoms with Gasteiger partial charge in [-0.15, -0.1) is 0 Å². The van der Waals surface area contributed by atoms with Crippen molar-refractivity contribution in [3.63, 3.8) is 0 Å². The number of nitrogens with zero attached hydrogens (tertiary/aromatic N) is 7. The summed E-state index contributed by atoms with van der Waals surface area (Å²) in [7, 11) is 0. The van der Waals surface area contributed by atoms with Gasteiger partial charge in [0.25, 0.3) is 0 Å². The number of anilines is 2. The van der Waals surface area contributed by atoms with Crippen LogP contribution in [-0.2, 0) is 9.53 Å². The van der Waals surface area contributed by atoms with Crippen LogP contribution in [0.2, 0.25) is 0 Å². The fraction of sp³-hybridized carbons (Fsp3) is 0.758. The zero-order valence-electron chi connectivity index (χ0n) is 28.6. The van der Waals surface area contributed by atoms with Gasteiger partial charge in [-0.2, -0.15) is 4.98 Å². The summed E-state index contributed by atoms with van der Waals surface area (Å²) in [6.07, 6.45) is 7.46. The van der Waals surface area contributed by atoms with Gasteiger partial charge in [-0.05, 0) is 64.2 Å². The van der Waals surface area contributed by atoms with Crippen LogP contribution in [0.3, 0.4) is 0 Å². The highest BCUT2D eigenvalue weighted by Gasteiger charge is 2.42. The highest BCUT2D eigenvalue weighted by atomic mass is 16.6. The quantitative estimate of drug-likeness (QED) is 0.388. The van der Waals surface area contributed by atoms with Gasteiger partial charge < -0.3 is 34.0 Å². The number of rotatable bonds is 10. The summed E-state index contributed by atoms with van der Waals surface area (Å²) < 4.78 is 17.0. The molecule has 3 aliphatic rings. The van der Waals surface area contributed by atoms with E-state index in [0.29, 0.717) is 68.1 Å². The van der Waals surface area contributed by atoms with Crippen molar-refractivity contribution >= 4 is 23.8 Å². The maximum absolute atomic E-state index is 13.0. The van der Waals surface area contributed by atoms with Gasteiger partial charge in [0.15, 0.2) is 5.82 Å². The summed E-state index contributed by atoms with van der Waals surface area (Å²) in [5, 5.41) is 7.13. The molecule has 2 amide bonds. The number of ether oxygens (including phenoxy) is 2. The first-order valence-electron chi connectivity index (χ1n) is 16.9. The van der Waals surface area contributed by atoms with E-state index < -0.39 is 11.7 Å². The largest absolute Gasteiger partial charge is 0.477 e. The summed E-state index contributed by atoms with van der Waals surface area (Å²) in [5.41, 5.74) is -0.612. The first kappa shape index (κ1) is 33.7. The zero-order chi connectivity index (χ0) is 33.0. The summed E-state index contributed by atoms with van der Waals surface area (Å²) in [5.74, 6) is 3.81. The monoisotopic (exact) mass is 640 g/mol. The van der Waals surface area contributed by atoms with Gasteiger partial charge in [0.1, 0.15) is 11.4 Å². The van der Waals surface area contributed by atoms with Crippen molar-refractivity contribution in [2.45, 2.75) is 104 Å². The van der Waals surface area contributed by atoms with Crippen LogP contribution in [0.15, 0.2) is 16.9 Å².